The molecular weight excluding hydrogens is 302 g/mol. The highest BCUT2D eigenvalue weighted by Crippen LogP contribution is 2.31. The first-order valence-corrected chi connectivity index (χ1v) is 8.01. The Morgan fingerprint density at radius 2 is 2.23 bits per heavy atom. The Labute approximate surface area is 131 Å². The van der Waals surface area contributed by atoms with E-state index in [1.807, 2.05) is 12.3 Å². The number of aliphatic carboxylic acids is 1. The van der Waals surface area contributed by atoms with Gasteiger partial charge in [-0.15, -0.1) is 11.3 Å². The number of carbonyl (C=O) groups is 2. The van der Waals surface area contributed by atoms with Crippen molar-refractivity contribution in [2.45, 2.75) is 38.8 Å². The minimum absolute atomic E-state index is 0.0341. The monoisotopic (exact) mass is 319 g/mol. The summed E-state index contributed by atoms with van der Waals surface area (Å²) in [5.74, 6) is -1.25. The van der Waals surface area contributed by atoms with E-state index in [1.165, 1.54) is 4.90 Å². The van der Waals surface area contributed by atoms with E-state index in [0.29, 0.717) is 5.69 Å². The molecule has 6 nitrogen and oxygen atoms in total. The van der Waals surface area contributed by atoms with Crippen LogP contribution < -0.4 is 0 Å². The molecular formula is C15H17N3O3S. The molecule has 116 valence electrons. The van der Waals surface area contributed by atoms with E-state index in [9.17, 15) is 14.7 Å². The second kappa shape index (κ2) is 5.57. The van der Waals surface area contributed by atoms with Gasteiger partial charge in [-0.25, -0.2) is 9.78 Å². The molecule has 1 aliphatic rings. The van der Waals surface area contributed by atoms with Crippen molar-refractivity contribution >= 4 is 23.2 Å². The zero-order chi connectivity index (χ0) is 15.9. The molecule has 22 heavy (non-hydrogen) atoms. The first-order chi connectivity index (χ1) is 10.5. The number of aromatic amines is 1. The number of carbonyl (C=O) groups excluding carboxylic acids is 1. The normalized spacial score (nSPS) is 15.5. The number of carboxylic acid groups (broad SMARTS) is 1. The average Bonchev–Trinajstić information content (AvgIpc) is 3.01. The molecule has 1 fully saturated rings. The molecule has 0 saturated heterocycles. The number of thiazole rings is 1. The van der Waals surface area contributed by atoms with Crippen LogP contribution in [0, 0.1) is 6.92 Å². The highest BCUT2D eigenvalue weighted by atomic mass is 32.1. The standard InChI is InChI=1S/C15H17N3O3S/c1-8(15(20)21)18(11-3-4-11)14(19)12-5-10(6-16-12)13-7-22-9(2)17-13/h5-8,11,16H,3-4H2,1-2H3,(H,20,21). The third kappa shape index (κ3) is 2.76. The maximum absolute atomic E-state index is 12.6. The summed E-state index contributed by atoms with van der Waals surface area (Å²) in [6, 6.07) is 0.945. The van der Waals surface area contributed by atoms with E-state index in [4.69, 9.17) is 0 Å². The molecule has 3 rings (SSSR count). The summed E-state index contributed by atoms with van der Waals surface area (Å²) in [6.07, 6.45) is 3.46. The minimum atomic E-state index is -0.984. The van der Waals surface area contributed by atoms with Crippen LogP contribution in [0.2, 0.25) is 0 Å². The van der Waals surface area contributed by atoms with Gasteiger partial charge in [-0.3, -0.25) is 4.79 Å². The lowest BCUT2D eigenvalue weighted by Gasteiger charge is -2.25. The van der Waals surface area contributed by atoms with E-state index in [-0.39, 0.29) is 11.9 Å². The second-order valence-electron chi connectivity index (χ2n) is 5.51. The van der Waals surface area contributed by atoms with Gasteiger partial charge >= 0.3 is 5.97 Å². The Kier molecular flexibility index (Phi) is 3.74. The van der Waals surface area contributed by atoms with Gasteiger partial charge in [-0.05, 0) is 32.8 Å². The van der Waals surface area contributed by atoms with E-state index < -0.39 is 12.0 Å². The molecule has 0 bridgehead atoms. The molecule has 1 atom stereocenters. The van der Waals surface area contributed by atoms with Crippen molar-refractivity contribution in [1.29, 1.82) is 0 Å². The van der Waals surface area contributed by atoms with Crippen LogP contribution in [0.1, 0.15) is 35.3 Å². The Hall–Kier alpha value is -2.15. The van der Waals surface area contributed by atoms with Crippen molar-refractivity contribution < 1.29 is 14.7 Å². The first-order valence-electron chi connectivity index (χ1n) is 7.13. The molecule has 2 heterocycles. The van der Waals surface area contributed by atoms with Crippen LogP contribution >= 0.6 is 11.3 Å². The van der Waals surface area contributed by atoms with E-state index >= 15 is 0 Å². The summed E-state index contributed by atoms with van der Waals surface area (Å²) >= 11 is 1.55. The van der Waals surface area contributed by atoms with Crippen LogP contribution in [0.5, 0.6) is 0 Å². The highest BCUT2D eigenvalue weighted by Gasteiger charge is 2.39. The minimum Gasteiger partial charge on any atom is -0.480 e. The van der Waals surface area contributed by atoms with Crippen molar-refractivity contribution in [1.82, 2.24) is 14.9 Å². The Morgan fingerprint density at radius 3 is 2.77 bits per heavy atom. The zero-order valence-corrected chi connectivity index (χ0v) is 13.2. The van der Waals surface area contributed by atoms with Crippen LogP contribution in [-0.2, 0) is 4.79 Å². The molecule has 0 spiro atoms. The lowest BCUT2D eigenvalue weighted by atomic mass is 10.2. The molecule has 2 aromatic heterocycles. The molecule has 0 aliphatic heterocycles. The number of hydrogen-bond donors (Lipinski definition) is 2. The Morgan fingerprint density at radius 1 is 1.50 bits per heavy atom. The molecule has 1 amide bonds. The van der Waals surface area contributed by atoms with Gasteiger partial charge in [0.15, 0.2) is 0 Å². The van der Waals surface area contributed by atoms with E-state index in [0.717, 1.165) is 29.1 Å². The number of carboxylic acids is 1. The average molecular weight is 319 g/mol. The van der Waals surface area contributed by atoms with Crippen LogP contribution in [-0.4, -0.2) is 43.9 Å². The van der Waals surface area contributed by atoms with Crippen molar-refractivity contribution in [3.05, 3.63) is 28.3 Å². The zero-order valence-electron chi connectivity index (χ0n) is 12.4. The number of aromatic nitrogens is 2. The summed E-state index contributed by atoms with van der Waals surface area (Å²) < 4.78 is 0. The topological polar surface area (TPSA) is 86.3 Å². The fourth-order valence-electron chi connectivity index (χ4n) is 2.43. The number of aryl methyl sites for hydroxylation is 1. The number of hydrogen-bond acceptors (Lipinski definition) is 4. The Bertz CT molecular complexity index is 717. The van der Waals surface area contributed by atoms with Gasteiger partial charge in [-0.1, -0.05) is 0 Å². The highest BCUT2D eigenvalue weighted by molar-refractivity contribution is 7.09. The number of nitrogens with zero attached hydrogens (tertiary/aromatic N) is 2. The van der Waals surface area contributed by atoms with Crippen molar-refractivity contribution in [3.8, 4) is 11.3 Å². The number of H-pyrrole nitrogens is 1. The molecule has 2 aromatic rings. The number of amides is 1. The molecule has 1 unspecified atom stereocenters. The third-order valence-electron chi connectivity index (χ3n) is 3.78. The smallest absolute Gasteiger partial charge is 0.326 e. The van der Waals surface area contributed by atoms with Crippen molar-refractivity contribution in [2.75, 3.05) is 0 Å². The van der Waals surface area contributed by atoms with Gasteiger partial charge in [0.25, 0.3) is 5.91 Å². The summed E-state index contributed by atoms with van der Waals surface area (Å²) in [5.41, 5.74) is 2.06. The maximum atomic E-state index is 12.6. The quantitative estimate of drug-likeness (QED) is 0.886. The predicted molar refractivity (Wildman–Crippen MR) is 82.9 cm³/mol. The number of nitrogens with one attached hydrogen (secondary N) is 1. The third-order valence-corrected chi connectivity index (χ3v) is 4.55. The van der Waals surface area contributed by atoms with E-state index in [1.54, 1.807) is 30.5 Å². The molecule has 1 saturated carbocycles. The molecule has 0 aromatic carbocycles. The SMILES string of the molecule is Cc1nc(-c2c[nH]c(C(=O)N(C3CC3)C(C)C(=O)O)c2)cs1. The largest absolute Gasteiger partial charge is 0.480 e. The maximum Gasteiger partial charge on any atom is 0.326 e. The van der Waals surface area contributed by atoms with Crippen molar-refractivity contribution in [3.63, 3.8) is 0 Å². The lowest BCUT2D eigenvalue weighted by Crippen LogP contribution is -2.44. The fourth-order valence-corrected chi connectivity index (χ4v) is 3.05. The Balaban J connectivity index is 1.85. The second-order valence-corrected chi connectivity index (χ2v) is 6.57. The summed E-state index contributed by atoms with van der Waals surface area (Å²) in [6.45, 7) is 3.47. The summed E-state index contributed by atoms with van der Waals surface area (Å²) in [5, 5.41) is 12.1. The van der Waals surface area contributed by atoms with Gasteiger partial charge in [0, 0.05) is 23.2 Å². The number of rotatable bonds is 5. The van der Waals surface area contributed by atoms with Crippen LogP contribution in [0.3, 0.4) is 0 Å². The summed E-state index contributed by atoms with van der Waals surface area (Å²) in [4.78, 5) is 32.7. The van der Waals surface area contributed by atoms with Gasteiger partial charge in [-0.2, -0.15) is 0 Å². The van der Waals surface area contributed by atoms with Crippen LogP contribution in [0.15, 0.2) is 17.6 Å². The molecule has 2 N–H and O–H groups in total. The van der Waals surface area contributed by atoms with E-state index in [2.05, 4.69) is 9.97 Å². The van der Waals surface area contributed by atoms with Crippen LogP contribution in [0.25, 0.3) is 11.3 Å². The predicted octanol–water partition coefficient (Wildman–Crippen LogP) is 2.52. The van der Waals surface area contributed by atoms with Gasteiger partial charge in [0.1, 0.15) is 11.7 Å². The summed E-state index contributed by atoms with van der Waals surface area (Å²) in [7, 11) is 0. The first kappa shape index (κ1) is 14.8. The van der Waals surface area contributed by atoms with Gasteiger partial charge < -0.3 is 15.0 Å². The fraction of sp³-hybridized carbons (Fsp3) is 0.400. The molecule has 0 radical (unpaired) electrons. The van der Waals surface area contributed by atoms with Gasteiger partial charge in [0.05, 0.1) is 10.7 Å². The molecule has 1 aliphatic carbocycles. The molecule has 7 heteroatoms. The van der Waals surface area contributed by atoms with Crippen molar-refractivity contribution in [2.24, 2.45) is 0 Å². The van der Waals surface area contributed by atoms with Crippen LogP contribution in [0.4, 0.5) is 0 Å². The lowest BCUT2D eigenvalue weighted by molar-refractivity contribution is -0.141. The van der Waals surface area contributed by atoms with Gasteiger partial charge in [0.2, 0.25) is 0 Å².